The molecule has 1 aliphatic rings. The summed E-state index contributed by atoms with van der Waals surface area (Å²) in [5, 5.41) is 0. The molecule has 1 saturated heterocycles. The molecule has 326 valence electrons. The number of esters is 2. The van der Waals surface area contributed by atoms with Crippen molar-refractivity contribution >= 4 is 19.8 Å². The van der Waals surface area contributed by atoms with Crippen LogP contribution in [0.15, 0.2) is 40.9 Å². The topological polar surface area (TPSA) is 160 Å². The van der Waals surface area contributed by atoms with E-state index in [-0.39, 0.29) is 32.6 Å². The second-order valence-electron chi connectivity index (χ2n) is 15.2. The Morgan fingerprint density at radius 1 is 0.719 bits per heavy atom. The molecule has 3 N–H and O–H groups in total. The average molecular weight is 822 g/mol. The molecule has 1 fully saturated rings. The molecular formula is C45H76NO10P. The summed E-state index contributed by atoms with van der Waals surface area (Å²) in [7, 11) is -4.41. The molecule has 1 aromatic heterocycles. The van der Waals surface area contributed by atoms with Gasteiger partial charge in [-0.1, -0.05) is 102 Å². The summed E-state index contributed by atoms with van der Waals surface area (Å²) in [6.45, 7) is 7.86. The van der Waals surface area contributed by atoms with Crippen LogP contribution in [0.2, 0.25) is 0 Å². The number of allylic oxidation sites excluding steroid dienone is 4. The number of rotatable bonds is 36. The van der Waals surface area contributed by atoms with Crippen LogP contribution in [0.5, 0.6) is 0 Å². The Kier molecular flexibility index (Phi) is 27.9. The summed E-state index contributed by atoms with van der Waals surface area (Å²) in [4.78, 5) is 35.0. The molecule has 2 rings (SSSR count). The molecule has 57 heavy (non-hydrogen) atoms. The van der Waals surface area contributed by atoms with E-state index in [1.165, 1.54) is 49.7 Å². The first-order valence-electron chi connectivity index (χ1n) is 21.9. The zero-order chi connectivity index (χ0) is 41.6. The Bertz CT molecular complexity index is 1370. The van der Waals surface area contributed by atoms with Crippen molar-refractivity contribution < 1.29 is 46.7 Å². The molecule has 0 saturated carbocycles. The Morgan fingerprint density at radius 3 is 1.96 bits per heavy atom. The maximum atomic E-state index is 12.6. The number of hydrogen-bond donors (Lipinski definition) is 2. The minimum absolute atomic E-state index is 0.0340. The number of epoxide rings is 1. The first-order valence-corrected chi connectivity index (χ1v) is 23.4. The Hall–Kier alpha value is -2.53. The van der Waals surface area contributed by atoms with Crippen LogP contribution < -0.4 is 5.73 Å². The van der Waals surface area contributed by atoms with Crippen LogP contribution in [-0.4, -0.2) is 61.5 Å². The summed E-state index contributed by atoms with van der Waals surface area (Å²) in [5.41, 5.74) is 7.95. The highest BCUT2D eigenvalue weighted by molar-refractivity contribution is 7.47. The maximum absolute atomic E-state index is 12.6. The first kappa shape index (κ1) is 50.6. The van der Waals surface area contributed by atoms with Crippen molar-refractivity contribution in [2.24, 2.45) is 5.73 Å². The van der Waals surface area contributed by atoms with Gasteiger partial charge in [0.25, 0.3) is 0 Å². The zero-order valence-corrected chi connectivity index (χ0v) is 36.6. The number of carbonyl (C=O) groups excluding carboxylic acids is 2. The van der Waals surface area contributed by atoms with Crippen molar-refractivity contribution in [3.05, 3.63) is 59.1 Å². The van der Waals surface area contributed by atoms with Gasteiger partial charge in [0.05, 0.1) is 25.4 Å². The SMILES string of the molecule is CCCCC/C=C\CC1OC1C/C=C\C/C=C\CCCC(=O)O[C@H](COC(=O)CCCCCCCCc1oc(CCCCC)c(C)c1C)COP(=O)(O)OCCN. The third-order valence-corrected chi connectivity index (χ3v) is 11.1. The molecule has 0 aromatic carbocycles. The Labute approximate surface area is 344 Å². The average Bonchev–Trinajstić information content (AvgIpc) is 3.89. The van der Waals surface area contributed by atoms with Gasteiger partial charge in [-0.25, -0.2) is 4.57 Å². The van der Waals surface area contributed by atoms with Gasteiger partial charge in [-0.2, -0.15) is 0 Å². The molecule has 1 aromatic rings. The fourth-order valence-corrected chi connectivity index (χ4v) is 7.20. The van der Waals surface area contributed by atoms with Crippen molar-refractivity contribution in [2.45, 2.75) is 187 Å². The van der Waals surface area contributed by atoms with Gasteiger partial charge < -0.3 is 29.3 Å². The van der Waals surface area contributed by atoms with E-state index in [0.717, 1.165) is 82.1 Å². The lowest BCUT2D eigenvalue weighted by Crippen LogP contribution is -2.29. The smallest absolute Gasteiger partial charge is 0.466 e. The molecular weight excluding hydrogens is 745 g/mol. The number of hydrogen-bond acceptors (Lipinski definition) is 10. The second-order valence-corrected chi connectivity index (χ2v) is 16.6. The largest absolute Gasteiger partial charge is 0.472 e. The van der Waals surface area contributed by atoms with E-state index in [0.29, 0.717) is 31.5 Å². The number of nitrogens with two attached hydrogens (primary N) is 1. The lowest BCUT2D eigenvalue weighted by molar-refractivity contribution is -0.161. The predicted octanol–water partition coefficient (Wildman–Crippen LogP) is 10.8. The van der Waals surface area contributed by atoms with Gasteiger partial charge in [0, 0.05) is 32.2 Å². The predicted molar refractivity (Wildman–Crippen MR) is 227 cm³/mol. The minimum Gasteiger partial charge on any atom is -0.466 e. The highest BCUT2D eigenvalue weighted by Gasteiger charge is 2.36. The van der Waals surface area contributed by atoms with Crippen molar-refractivity contribution in [1.82, 2.24) is 0 Å². The van der Waals surface area contributed by atoms with Crippen LogP contribution in [0.25, 0.3) is 0 Å². The Morgan fingerprint density at radius 2 is 1.28 bits per heavy atom. The number of furan rings is 1. The van der Waals surface area contributed by atoms with Crippen molar-refractivity contribution in [1.29, 1.82) is 0 Å². The first-order chi connectivity index (χ1) is 27.6. The van der Waals surface area contributed by atoms with Crippen LogP contribution in [-0.2, 0) is 50.3 Å². The quantitative estimate of drug-likeness (QED) is 0.0218. The molecule has 2 heterocycles. The van der Waals surface area contributed by atoms with Gasteiger partial charge in [-0.05, 0) is 89.2 Å². The van der Waals surface area contributed by atoms with E-state index in [2.05, 4.69) is 58.1 Å². The van der Waals surface area contributed by atoms with Gasteiger partial charge >= 0.3 is 19.8 Å². The summed E-state index contributed by atoms with van der Waals surface area (Å²) in [6, 6.07) is 0. The van der Waals surface area contributed by atoms with Crippen LogP contribution in [0, 0.1) is 13.8 Å². The number of aryl methyl sites for hydroxylation is 2. The highest BCUT2D eigenvalue weighted by atomic mass is 31.2. The van der Waals surface area contributed by atoms with Crippen molar-refractivity contribution in [3.63, 3.8) is 0 Å². The fourth-order valence-electron chi connectivity index (χ4n) is 6.43. The van der Waals surface area contributed by atoms with Crippen LogP contribution in [0.1, 0.15) is 165 Å². The molecule has 1 aliphatic heterocycles. The normalized spacial score (nSPS) is 17.2. The standard InChI is InChI=1S/C45H76NO10P/c1-5-7-9-10-16-23-29-42-43(56-42)30-24-18-12-11-13-20-26-32-45(48)54-39(36-53-57(49,50)52-34-33-46)35-51-44(47)31-25-19-15-14-17-22-28-41-38(4)37(3)40(55-41)27-21-8-6-2/h11,13,16,18,23-24,39,42-43H,5-10,12,14-15,17,19-22,25-36,46H2,1-4H3,(H,49,50)/b13-11-,23-16-,24-18-/t39-,42?,43?/m1/s1. The number of phosphoric ester groups is 1. The number of carbonyl (C=O) groups is 2. The fraction of sp³-hybridized carbons (Fsp3) is 0.733. The van der Waals surface area contributed by atoms with Crippen molar-refractivity contribution in [2.75, 3.05) is 26.4 Å². The van der Waals surface area contributed by atoms with Gasteiger partial charge in [0.2, 0.25) is 0 Å². The van der Waals surface area contributed by atoms with Gasteiger partial charge in [0.1, 0.15) is 18.1 Å². The third kappa shape index (κ3) is 24.9. The van der Waals surface area contributed by atoms with E-state index in [9.17, 15) is 19.0 Å². The summed E-state index contributed by atoms with van der Waals surface area (Å²) >= 11 is 0. The second kappa shape index (κ2) is 31.4. The van der Waals surface area contributed by atoms with E-state index >= 15 is 0 Å². The summed E-state index contributed by atoms with van der Waals surface area (Å²) in [6.07, 6.45) is 33.3. The summed E-state index contributed by atoms with van der Waals surface area (Å²) in [5.74, 6) is 1.34. The molecule has 0 aliphatic carbocycles. The van der Waals surface area contributed by atoms with Gasteiger partial charge in [-0.15, -0.1) is 0 Å². The molecule has 3 unspecified atom stereocenters. The van der Waals surface area contributed by atoms with Crippen molar-refractivity contribution in [3.8, 4) is 0 Å². The Balaban J connectivity index is 1.61. The molecule has 11 nitrogen and oxygen atoms in total. The lowest BCUT2D eigenvalue weighted by Gasteiger charge is -2.19. The zero-order valence-electron chi connectivity index (χ0n) is 35.7. The molecule has 0 radical (unpaired) electrons. The van der Waals surface area contributed by atoms with Crippen LogP contribution in [0.3, 0.4) is 0 Å². The molecule has 4 atom stereocenters. The van der Waals surface area contributed by atoms with Crippen LogP contribution in [0.4, 0.5) is 0 Å². The maximum Gasteiger partial charge on any atom is 0.472 e. The molecule has 0 amide bonds. The molecule has 0 spiro atoms. The highest BCUT2D eigenvalue weighted by Crippen LogP contribution is 2.43. The summed E-state index contributed by atoms with van der Waals surface area (Å²) < 4.78 is 44.8. The monoisotopic (exact) mass is 822 g/mol. The number of ether oxygens (including phenoxy) is 3. The van der Waals surface area contributed by atoms with Crippen LogP contribution >= 0.6 is 7.82 Å². The lowest BCUT2D eigenvalue weighted by atomic mass is 10.0. The number of phosphoric acid groups is 1. The molecule has 0 bridgehead atoms. The van der Waals surface area contributed by atoms with Gasteiger partial charge in [0.15, 0.2) is 6.10 Å². The van der Waals surface area contributed by atoms with E-state index < -0.39 is 32.5 Å². The van der Waals surface area contributed by atoms with E-state index in [1.54, 1.807) is 0 Å². The minimum atomic E-state index is -4.41. The third-order valence-electron chi connectivity index (χ3n) is 10.1. The van der Waals surface area contributed by atoms with E-state index in [4.69, 9.17) is 33.4 Å². The van der Waals surface area contributed by atoms with E-state index in [1.807, 2.05) is 6.08 Å². The number of unbranched alkanes of at least 4 members (excludes halogenated alkanes) is 11. The molecule has 12 heteroatoms. The van der Waals surface area contributed by atoms with Gasteiger partial charge in [-0.3, -0.25) is 18.6 Å².